The number of benzene rings is 1. The van der Waals surface area contributed by atoms with E-state index in [4.69, 9.17) is 10.5 Å². The van der Waals surface area contributed by atoms with Crippen molar-refractivity contribution in [2.24, 2.45) is 0 Å². The molecule has 0 aromatic heterocycles. The fourth-order valence-electron chi connectivity index (χ4n) is 2.80. The molecule has 9 nitrogen and oxygen atoms in total. The molecule has 1 amide bonds. The highest BCUT2D eigenvalue weighted by atomic mass is 32.2. The van der Waals surface area contributed by atoms with Crippen molar-refractivity contribution in [3.63, 3.8) is 0 Å². The third-order valence-electron chi connectivity index (χ3n) is 4.31. The molecule has 0 unspecified atom stereocenters. The second kappa shape index (κ2) is 8.43. The van der Waals surface area contributed by atoms with Gasteiger partial charge in [0.15, 0.2) is 15.4 Å². The Labute approximate surface area is 163 Å². The molecule has 0 bridgehead atoms. The molecule has 28 heavy (non-hydrogen) atoms. The monoisotopic (exact) mass is 398 g/mol. The van der Waals surface area contributed by atoms with E-state index in [2.05, 4.69) is 5.32 Å². The molecule has 1 aromatic rings. The standard InChI is InChI=1S/C18H18N6O3S/c1-13(25)23-5-7-24(8-6-23)18-4-3-15(28(2,26)27)9-16(18)22-17(12-21)14(10-19)11-20/h3-4,9,22H,5-8H2,1-2H3. The number of carbonyl (C=O) groups is 1. The molecule has 0 aliphatic carbocycles. The van der Waals surface area contributed by atoms with E-state index >= 15 is 0 Å². The van der Waals surface area contributed by atoms with E-state index < -0.39 is 15.4 Å². The fraction of sp³-hybridized carbons (Fsp3) is 0.333. The van der Waals surface area contributed by atoms with E-state index in [1.807, 2.05) is 4.90 Å². The molecule has 0 spiro atoms. The molecule has 1 aliphatic heterocycles. The Kier molecular flexibility index (Phi) is 6.25. The summed E-state index contributed by atoms with van der Waals surface area (Å²) in [4.78, 5) is 15.2. The van der Waals surface area contributed by atoms with Gasteiger partial charge in [0.05, 0.1) is 16.3 Å². The molecule has 2 rings (SSSR count). The Balaban J connectivity index is 2.48. The van der Waals surface area contributed by atoms with Crippen molar-refractivity contribution in [2.45, 2.75) is 11.8 Å². The van der Waals surface area contributed by atoms with Gasteiger partial charge in [-0.1, -0.05) is 0 Å². The minimum atomic E-state index is -3.51. The molecule has 0 saturated carbocycles. The third-order valence-corrected chi connectivity index (χ3v) is 5.42. The number of sulfone groups is 1. The molecule has 0 radical (unpaired) electrons. The summed E-state index contributed by atoms with van der Waals surface area (Å²) in [5, 5.41) is 30.1. The van der Waals surface area contributed by atoms with Crippen LogP contribution >= 0.6 is 0 Å². The van der Waals surface area contributed by atoms with Crippen LogP contribution in [0, 0.1) is 34.0 Å². The predicted octanol–water partition coefficient (Wildman–Crippen LogP) is 0.995. The van der Waals surface area contributed by atoms with Gasteiger partial charge in [0.2, 0.25) is 5.91 Å². The van der Waals surface area contributed by atoms with E-state index in [-0.39, 0.29) is 16.5 Å². The summed E-state index contributed by atoms with van der Waals surface area (Å²) in [5.74, 6) is -0.0206. The molecular formula is C18H18N6O3S. The van der Waals surface area contributed by atoms with Crippen molar-refractivity contribution >= 4 is 27.1 Å². The maximum absolute atomic E-state index is 11.9. The van der Waals surface area contributed by atoms with Crippen LogP contribution in [0.3, 0.4) is 0 Å². The Hall–Kier alpha value is -3.55. The number of rotatable bonds is 4. The quantitative estimate of drug-likeness (QED) is 0.740. The maximum atomic E-state index is 11.9. The van der Waals surface area contributed by atoms with Crippen molar-refractivity contribution in [2.75, 3.05) is 42.7 Å². The van der Waals surface area contributed by atoms with Crippen LogP contribution < -0.4 is 10.2 Å². The molecule has 1 fully saturated rings. The topological polar surface area (TPSA) is 141 Å². The average molecular weight is 398 g/mol. The number of anilines is 2. The maximum Gasteiger partial charge on any atom is 0.219 e. The van der Waals surface area contributed by atoms with Crippen LogP contribution in [0.4, 0.5) is 11.4 Å². The summed E-state index contributed by atoms with van der Waals surface area (Å²) in [7, 11) is -3.51. The average Bonchev–Trinajstić information content (AvgIpc) is 2.67. The van der Waals surface area contributed by atoms with E-state index in [1.165, 1.54) is 19.1 Å². The first-order valence-corrected chi connectivity index (χ1v) is 10.2. The normalized spacial score (nSPS) is 13.7. The summed E-state index contributed by atoms with van der Waals surface area (Å²) in [6, 6.07) is 9.48. The zero-order valence-electron chi connectivity index (χ0n) is 15.4. The lowest BCUT2D eigenvalue weighted by molar-refractivity contribution is -0.129. The first kappa shape index (κ1) is 20.8. The molecule has 1 heterocycles. The minimum Gasteiger partial charge on any atom is -0.366 e. The van der Waals surface area contributed by atoms with Gasteiger partial charge in [-0.3, -0.25) is 4.79 Å². The summed E-state index contributed by atoms with van der Waals surface area (Å²) in [6.45, 7) is 3.54. The van der Waals surface area contributed by atoms with Crippen LogP contribution in [0.25, 0.3) is 0 Å². The molecule has 0 atom stereocenters. The lowest BCUT2D eigenvalue weighted by Gasteiger charge is -2.36. The smallest absolute Gasteiger partial charge is 0.219 e. The SMILES string of the molecule is CC(=O)N1CCN(c2ccc(S(C)(=O)=O)cc2NC(C#N)=C(C#N)C#N)CC1. The summed E-state index contributed by atoms with van der Waals surface area (Å²) < 4.78 is 23.8. The number of amides is 1. The number of hydrogen-bond donors (Lipinski definition) is 1. The highest BCUT2D eigenvalue weighted by Crippen LogP contribution is 2.31. The van der Waals surface area contributed by atoms with E-state index in [1.54, 1.807) is 29.2 Å². The molecular weight excluding hydrogens is 380 g/mol. The van der Waals surface area contributed by atoms with Crippen LogP contribution in [-0.4, -0.2) is 51.7 Å². The Morgan fingerprint density at radius 1 is 1.07 bits per heavy atom. The fourth-order valence-corrected chi connectivity index (χ4v) is 3.45. The van der Waals surface area contributed by atoms with Crippen molar-refractivity contribution in [1.82, 2.24) is 4.90 Å². The molecule has 10 heteroatoms. The zero-order chi connectivity index (χ0) is 20.9. The van der Waals surface area contributed by atoms with Gasteiger partial charge in [0.25, 0.3) is 0 Å². The van der Waals surface area contributed by atoms with Gasteiger partial charge in [-0.25, -0.2) is 8.42 Å². The van der Waals surface area contributed by atoms with Crippen molar-refractivity contribution in [1.29, 1.82) is 15.8 Å². The van der Waals surface area contributed by atoms with Crippen LogP contribution in [0.1, 0.15) is 6.92 Å². The summed E-state index contributed by atoms with van der Waals surface area (Å²) in [6.07, 6.45) is 1.06. The Bertz CT molecular complexity index is 1030. The number of nitrogens with one attached hydrogen (secondary N) is 1. The zero-order valence-corrected chi connectivity index (χ0v) is 16.2. The number of hydrogen-bond acceptors (Lipinski definition) is 8. The van der Waals surface area contributed by atoms with Gasteiger partial charge in [-0.05, 0) is 18.2 Å². The highest BCUT2D eigenvalue weighted by Gasteiger charge is 2.22. The van der Waals surface area contributed by atoms with Gasteiger partial charge in [-0.15, -0.1) is 0 Å². The molecule has 1 aromatic carbocycles. The molecule has 1 saturated heterocycles. The van der Waals surface area contributed by atoms with Crippen LogP contribution in [-0.2, 0) is 14.6 Å². The minimum absolute atomic E-state index is 0.0206. The third kappa shape index (κ3) is 4.59. The number of nitriles is 3. The predicted molar refractivity (Wildman–Crippen MR) is 102 cm³/mol. The van der Waals surface area contributed by atoms with Crippen molar-refractivity contribution < 1.29 is 13.2 Å². The van der Waals surface area contributed by atoms with Crippen LogP contribution in [0.5, 0.6) is 0 Å². The highest BCUT2D eigenvalue weighted by molar-refractivity contribution is 7.90. The Morgan fingerprint density at radius 2 is 1.68 bits per heavy atom. The van der Waals surface area contributed by atoms with Gasteiger partial charge in [-0.2, -0.15) is 15.8 Å². The first-order chi connectivity index (χ1) is 13.2. The second-order valence-electron chi connectivity index (χ2n) is 6.15. The van der Waals surface area contributed by atoms with Gasteiger partial charge < -0.3 is 15.1 Å². The second-order valence-corrected chi connectivity index (χ2v) is 8.17. The molecule has 1 aliphatic rings. The van der Waals surface area contributed by atoms with Gasteiger partial charge in [0.1, 0.15) is 23.9 Å². The van der Waals surface area contributed by atoms with E-state index in [9.17, 15) is 18.5 Å². The van der Waals surface area contributed by atoms with Gasteiger partial charge >= 0.3 is 0 Å². The largest absolute Gasteiger partial charge is 0.366 e. The van der Waals surface area contributed by atoms with Crippen molar-refractivity contribution in [3.8, 4) is 18.2 Å². The molecule has 1 N–H and O–H groups in total. The summed E-state index contributed by atoms with van der Waals surface area (Å²) >= 11 is 0. The van der Waals surface area contributed by atoms with Crippen molar-refractivity contribution in [3.05, 3.63) is 29.5 Å². The van der Waals surface area contributed by atoms with Gasteiger partial charge in [0, 0.05) is 39.4 Å². The Morgan fingerprint density at radius 3 is 2.14 bits per heavy atom. The lowest BCUT2D eigenvalue weighted by Crippen LogP contribution is -2.48. The number of allylic oxidation sites excluding steroid dienone is 2. The van der Waals surface area contributed by atoms with Crippen LogP contribution in [0.2, 0.25) is 0 Å². The first-order valence-electron chi connectivity index (χ1n) is 8.27. The van der Waals surface area contributed by atoms with E-state index in [0.717, 1.165) is 6.26 Å². The number of nitrogens with zero attached hydrogens (tertiary/aromatic N) is 5. The number of piperazine rings is 1. The molecule has 144 valence electrons. The number of carbonyl (C=O) groups excluding carboxylic acids is 1. The van der Waals surface area contributed by atoms with Crippen LogP contribution in [0.15, 0.2) is 34.4 Å². The summed E-state index contributed by atoms with van der Waals surface area (Å²) in [5.41, 5.74) is 0.233. The van der Waals surface area contributed by atoms with E-state index in [0.29, 0.717) is 37.6 Å². The lowest BCUT2D eigenvalue weighted by atomic mass is 10.2.